The van der Waals surface area contributed by atoms with Crippen LogP contribution in [0.25, 0.3) is 10.2 Å². The number of anilines is 3. The average Bonchev–Trinajstić information content (AvgIpc) is 3.17. The van der Waals surface area contributed by atoms with Crippen LogP contribution in [0, 0.1) is 0 Å². The number of nitrogens with one attached hydrogen (secondary N) is 2. The number of carbonyl (C=O) groups excluding carboxylic acids is 1. The van der Waals surface area contributed by atoms with Gasteiger partial charge in [0.15, 0.2) is 0 Å². The van der Waals surface area contributed by atoms with Gasteiger partial charge >= 0.3 is 0 Å². The van der Waals surface area contributed by atoms with E-state index in [1.807, 2.05) is 31.3 Å². The normalized spacial score (nSPS) is 20.0. The van der Waals surface area contributed by atoms with E-state index in [1.54, 1.807) is 17.7 Å². The molecule has 1 aromatic carbocycles. The second-order valence-corrected chi connectivity index (χ2v) is 8.41. The van der Waals surface area contributed by atoms with Gasteiger partial charge < -0.3 is 15.5 Å². The molecule has 1 fully saturated rings. The zero-order chi connectivity index (χ0) is 20.4. The predicted molar refractivity (Wildman–Crippen MR) is 120 cm³/mol. The van der Waals surface area contributed by atoms with Gasteiger partial charge in [-0.15, -0.1) is 11.3 Å². The number of rotatable bonds is 5. The third-order valence-electron chi connectivity index (χ3n) is 5.30. The number of aromatic nitrogens is 2. The number of piperazine rings is 1. The Balaban J connectivity index is 1.41. The molecule has 0 bridgehead atoms. The van der Waals surface area contributed by atoms with Gasteiger partial charge in [-0.2, -0.15) is 0 Å². The highest BCUT2D eigenvalue weighted by molar-refractivity contribution is 7.16. The maximum absolute atomic E-state index is 12.5. The zero-order valence-corrected chi connectivity index (χ0v) is 17.7. The summed E-state index contributed by atoms with van der Waals surface area (Å²) in [6.45, 7) is 6.39. The first-order chi connectivity index (χ1) is 14.0. The van der Waals surface area contributed by atoms with Gasteiger partial charge in [0.25, 0.3) is 0 Å². The Morgan fingerprint density at radius 3 is 2.48 bits per heavy atom. The standard InChI is InChI=1S/C21H26N6OS/c1-14-10-26(12-19(28)25-17-6-4-16(22-3)5-7-17)11-15(2)27(14)20-18-8-9-29-21(18)24-13-23-20/h4-9,13-15,22H,10-12H2,1-3H3,(H,25,28). The maximum atomic E-state index is 12.5. The molecular weight excluding hydrogens is 384 g/mol. The van der Waals surface area contributed by atoms with Crippen molar-refractivity contribution < 1.29 is 4.79 Å². The van der Waals surface area contributed by atoms with Crippen LogP contribution < -0.4 is 15.5 Å². The molecule has 7 nitrogen and oxygen atoms in total. The molecule has 1 aliphatic heterocycles. The van der Waals surface area contributed by atoms with Gasteiger partial charge in [0.2, 0.25) is 5.91 Å². The molecule has 2 N–H and O–H groups in total. The van der Waals surface area contributed by atoms with Crippen LogP contribution in [0.15, 0.2) is 42.0 Å². The summed E-state index contributed by atoms with van der Waals surface area (Å²) < 4.78 is 0. The molecule has 8 heteroatoms. The molecule has 1 amide bonds. The lowest BCUT2D eigenvalue weighted by Crippen LogP contribution is -2.58. The Hall–Kier alpha value is -2.71. The Labute approximate surface area is 174 Å². The average molecular weight is 411 g/mol. The lowest BCUT2D eigenvalue weighted by molar-refractivity contribution is -0.117. The van der Waals surface area contributed by atoms with Crippen LogP contribution in [0.5, 0.6) is 0 Å². The zero-order valence-electron chi connectivity index (χ0n) is 16.9. The first-order valence-electron chi connectivity index (χ1n) is 9.81. The SMILES string of the molecule is CNc1ccc(NC(=O)CN2CC(C)N(c3ncnc4sccc34)C(C)C2)cc1. The van der Waals surface area contributed by atoms with E-state index in [2.05, 4.69) is 55.7 Å². The van der Waals surface area contributed by atoms with Gasteiger partial charge in [-0.25, -0.2) is 9.97 Å². The van der Waals surface area contributed by atoms with Gasteiger partial charge in [-0.05, 0) is 49.6 Å². The summed E-state index contributed by atoms with van der Waals surface area (Å²) in [6.07, 6.45) is 1.65. The third-order valence-corrected chi connectivity index (χ3v) is 6.13. The van der Waals surface area contributed by atoms with Crippen molar-refractivity contribution in [3.05, 3.63) is 42.0 Å². The highest BCUT2D eigenvalue weighted by Crippen LogP contribution is 2.31. The topological polar surface area (TPSA) is 73.4 Å². The van der Waals surface area contributed by atoms with Gasteiger partial charge in [-0.1, -0.05) is 0 Å². The van der Waals surface area contributed by atoms with Gasteiger partial charge in [0.1, 0.15) is 17.0 Å². The fourth-order valence-electron chi connectivity index (χ4n) is 4.09. The number of fused-ring (bicyclic) bond motifs is 1. The summed E-state index contributed by atoms with van der Waals surface area (Å²) >= 11 is 1.63. The predicted octanol–water partition coefficient (Wildman–Crippen LogP) is 3.27. The van der Waals surface area contributed by atoms with E-state index in [4.69, 9.17) is 0 Å². The minimum Gasteiger partial charge on any atom is -0.388 e. The van der Waals surface area contributed by atoms with Crippen molar-refractivity contribution in [2.45, 2.75) is 25.9 Å². The van der Waals surface area contributed by atoms with Crippen LogP contribution in [-0.2, 0) is 4.79 Å². The van der Waals surface area contributed by atoms with Crippen molar-refractivity contribution in [2.75, 3.05) is 42.2 Å². The summed E-state index contributed by atoms with van der Waals surface area (Å²) in [5, 5.41) is 9.23. The van der Waals surface area contributed by atoms with Crippen LogP contribution in [0.3, 0.4) is 0 Å². The lowest BCUT2D eigenvalue weighted by Gasteiger charge is -2.45. The molecule has 0 saturated carbocycles. The Morgan fingerprint density at radius 2 is 1.79 bits per heavy atom. The summed E-state index contributed by atoms with van der Waals surface area (Å²) in [5.74, 6) is 1.00. The number of nitrogens with zero attached hydrogens (tertiary/aromatic N) is 4. The molecule has 2 unspecified atom stereocenters. The molecule has 29 heavy (non-hydrogen) atoms. The minimum absolute atomic E-state index is 0.0114. The largest absolute Gasteiger partial charge is 0.388 e. The van der Waals surface area contributed by atoms with Crippen LogP contribution in [0.2, 0.25) is 0 Å². The summed E-state index contributed by atoms with van der Waals surface area (Å²) in [7, 11) is 1.88. The Morgan fingerprint density at radius 1 is 1.10 bits per heavy atom. The van der Waals surface area contributed by atoms with Crippen LogP contribution >= 0.6 is 11.3 Å². The quantitative estimate of drug-likeness (QED) is 0.673. The number of carbonyl (C=O) groups is 1. The molecule has 2 atom stereocenters. The highest BCUT2D eigenvalue weighted by Gasteiger charge is 2.32. The van der Waals surface area contributed by atoms with Crippen molar-refractivity contribution in [2.24, 2.45) is 0 Å². The van der Waals surface area contributed by atoms with E-state index in [0.717, 1.165) is 40.5 Å². The van der Waals surface area contributed by atoms with Crippen molar-refractivity contribution in [3.8, 4) is 0 Å². The van der Waals surface area contributed by atoms with E-state index in [0.29, 0.717) is 6.54 Å². The first kappa shape index (κ1) is 19.6. The van der Waals surface area contributed by atoms with E-state index >= 15 is 0 Å². The summed E-state index contributed by atoms with van der Waals surface area (Å²) in [4.78, 5) is 27.1. The van der Waals surface area contributed by atoms with Crippen LogP contribution in [0.1, 0.15) is 13.8 Å². The highest BCUT2D eigenvalue weighted by atomic mass is 32.1. The fourth-order valence-corrected chi connectivity index (χ4v) is 4.81. The first-order valence-corrected chi connectivity index (χ1v) is 10.7. The number of hydrogen-bond acceptors (Lipinski definition) is 7. The van der Waals surface area contributed by atoms with Crippen LogP contribution in [-0.4, -0.2) is 59.5 Å². The van der Waals surface area contributed by atoms with Gasteiger partial charge in [0.05, 0.1) is 11.9 Å². The third kappa shape index (κ3) is 4.18. The molecule has 152 valence electrons. The van der Waals surface area contributed by atoms with E-state index < -0.39 is 0 Å². The van der Waals surface area contributed by atoms with Crippen molar-refractivity contribution in [1.82, 2.24) is 14.9 Å². The lowest BCUT2D eigenvalue weighted by atomic mass is 10.1. The second-order valence-electron chi connectivity index (χ2n) is 7.51. The number of hydrogen-bond donors (Lipinski definition) is 2. The van der Waals surface area contributed by atoms with E-state index in [9.17, 15) is 4.79 Å². The molecular formula is C21H26N6OS. The van der Waals surface area contributed by atoms with Crippen molar-refractivity contribution in [3.63, 3.8) is 0 Å². The molecule has 1 aliphatic rings. The van der Waals surface area contributed by atoms with E-state index in [1.165, 1.54) is 0 Å². The molecule has 3 heterocycles. The Kier molecular flexibility index (Phi) is 5.64. The van der Waals surface area contributed by atoms with E-state index in [-0.39, 0.29) is 18.0 Å². The Bertz CT molecular complexity index is 976. The van der Waals surface area contributed by atoms with Gasteiger partial charge in [0, 0.05) is 43.6 Å². The summed E-state index contributed by atoms with van der Waals surface area (Å²) in [6, 6.07) is 10.3. The molecule has 1 saturated heterocycles. The number of benzene rings is 1. The van der Waals surface area contributed by atoms with Crippen LogP contribution in [0.4, 0.5) is 17.2 Å². The van der Waals surface area contributed by atoms with Crippen molar-refractivity contribution >= 4 is 44.7 Å². The molecule has 0 aliphatic carbocycles. The number of amides is 1. The molecule has 0 spiro atoms. The molecule has 3 aromatic rings. The monoisotopic (exact) mass is 410 g/mol. The van der Waals surface area contributed by atoms with Crippen molar-refractivity contribution in [1.29, 1.82) is 0 Å². The van der Waals surface area contributed by atoms with Gasteiger partial charge in [-0.3, -0.25) is 9.69 Å². The minimum atomic E-state index is 0.0114. The second kappa shape index (κ2) is 8.34. The number of thiophene rings is 1. The fraction of sp³-hybridized carbons (Fsp3) is 0.381. The smallest absolute Gasteiger partial charge is 0.238 e. The molecule has 4 rings (SSSR count). The maximum Gasteiger partial charge on any atom is 0.238 e. The molecule has 0 radical (unpaired) electrons. The molecule has 2 aromatic heterocycles. The summed E-state index contributed by atoms with van der Waals surface area (Å²) in [5.41, 5.74) is 1.83.